The van der Waals surface area contributed by atoms with E-state index in [1.165, 1.54) is 33.8 Å². The van der Waals surface area contributed by atoms with Crippen molar-refractivity contribution in [3.05, 3.63) is 62.9 Å². The molecule has 42 heavy (non-hydrogen) atoms. The number of nitrogens with one attached hydrogen (secondary N) is 1. The monoisotopic (exact) mass is 613 g/mol. The van der Waals surface area contributed by atoms with Crippen molar-refractivity contribution >= 4 is 57.6 Å². The lowest BCUT2D eigenvalue weighted by atomic mass is 10.0. The zero-order valence-corrected chi connectivity index (χ0v) is 23.7. The number of rotatable bonds is 6. The summed E-state index contributed by atoms with van der Waals surface area (Å²) < 4.78 is 14.2. The van der Waals surface area contributed by atoms with E-state index >= 15 is 0 Å². The number of hydrogen-bond acceptors (Lipinski definition) is 9. The molecule has 2 saturated heterocycles. The molecule has 0 radical (unpaired) electrons. The first kappa shape index (κ1) is 28.0. The molecule has 4 N–H and O–H groups in total. The molecule has 4 aromatic rings. The number of aryl methyl sites for hydroxylation is 1. The molecule has 2 aliphatic rings. The van der Waals surface area contributed by atoms with Crippen LogP contribution in [0, 0.1) is 0 Å². The van der Waals surface area contributed by atoms with Crippen LogP contribution in [0.15, 0.2) is 41.7 Å². The smallest absolute Gasteiger partial charge is 0.263 e. The molecular weight excluding hydrogens is 589 g/mol. The second kappa shape index (κ2) is 10.9. The van der Waals surface area contributed by atoms with Gasteiger partial charge in [0.1, 0.15) is 29.9 Å². The molecule has 3 aromatic heterocycles. The lowest BCUT2D eigenvalue weighted by Gasteiger charge is -2.37. The third-order valence-corrected chi connectivity index (χ3v) is 7.95. The number of benzene rings is 1. The first-order chi connectivity index (χ1) is 20.1. The molecule has 2 amide bonds. The highest BCUT2D eigenvalue weighted by Gasteiger charge is 2.38. The number of amides is 2. The molecule has 15 heteroatoms. The molecule has 2 aliphatic heterocycles. The number of hydrogen-bond donors (Lipinski definition) is 3. The average molecular weight is 614 g/mol. The Balaban J connectivity index is 1.33. The normalized spacial score (nSPS) is 18.3. The van der Waals surface area contributed by atoms with Crippen molar-refractivity contribution in [1.82, 2.24) is 19.1 Å². The van der Waals surface area contributed by atoms with Crippen molar-refractivity contribution in [3.63, 3.8) is 0 Å². The van der Waals surface area contributed by atoms with Gasteiger partial charge in [0.15, 0.2) is 0 Å². The minimum absolute atomic E-state index is 0.0119. The Bertz CT molecular complexity index is 1810. The van der Waals surface area contributed by atoms with Crippen molar-refractivity contribution in [3.8, 4) is 16.9 Å². The molecule has 0 saturated carbocycles. The predicted molar refractivity (Wildman–Crippen MR) is 155 cm³/mol. The van der Waals surface area contributed by atoms with E-state index in [9.17, 15) is 19.5 Å². The summed E-state index contributed by atoms with van der Waals surface area (Å²) in [5, 5.41) is 13.3. The van der Waals surface area contributed by atoms with Gasteiger partial charge in [-0.3, -0.25) is 14.4 Å². The van der Waals surface area contributed by atoms with Gasteiger partial charge in [-0.25, -0.2) is 9.97 Å². The van der Waals surface area contributed by atoms with Gasteiger partial charge in [-0.1, -0.05) is 23.2 Å². The van der Waals surface area contributed by atoms with Crippen LogP contribution in [0.3, 0.4) is 0 Å². The Kier molecular flexibility index (Phi) is 7.27. The molecule has 13 nitrogen and oxygen atoms in total. The number of halogens is 2. The summed E-state index contributed by atoms with van der Waals surface area (Å²) in [5.74, 6) is -1.17. The fourth-order valence-electron chi connectivity index (χ4n) is 5.30. The molecule has 2 unspecified atom stereocenters. The Labute approximate surface area is 248 Å². The number of aromatic nitrogens is 4. The van der Waals surface area contributed by atoms with Gasteiger partial charge < -0.3 is 39.7 Å². The van der Waals surface area contributed by atoms with Crippen molar-refractivity contribution in [2.24, 2.45) is 12.8 Å². The van der Waals surface area contributed by atoms with Crippen molar-refractivity contribution in [2.45, 2.75) is 18.7 Å². The number of pyridine rings is 1. The number of morpholine rings is 1. The summed E-state index contributed by atoms with van der Waals surface area (Å²) in [6.45, 7) is 1.94. The molecular formula is C27H25Cl2N7O6. The van der Waals surface area contributed by atoms with E-state index < -0.39 is 17.6 Å². The topological polar surface area (TPSA) is 167 Å². The fraction of sp³-hybridized carbons (Fsp3) is 0.296. The number of carbonyl (C=O) groups is 2. The van der Waals surface area contributed by atoms with Crippen LogP contribution in [0.2, 0.25) is 10.0 Å². The van der Waals surface area contributed by atoms with Gasteiger partial charge in [0.25, 0.3) is 11.5 Å². The average Bonchev–Trinajstić information content (AvgIpc) is 3.58. The van der Waals surface area contributed by atoms with E-state index in [4.69, 9.17) is 38.4 Å². The molecule has 0 spiro atoms. The number of primary amides is 1. The quantitative estimate of drug-likeness (QED) is 0.295. The minimum Gasteiger partial charge on any atom is -0.506 e. The molecule has 5 heterocycles. The number of carbonyl (C=O) groups excluding carboxylic acids is 2. The number of phenols is 1. The lowest BCUT2D eigenvalue weighted by Crippen LogP contribution is -2.51. The van der Waals surface area contributed by atoms with E-state index in [0.717, 1.165) is 0 Å². The largest absolute Gasteiger partial charge is 0.506 e. The maximum absolute atomic E-state index is 13.3. The van der Waals surface area contributed by atoms with E-state index in [-0.39, 0.29) is 50.9 Å². The number of aromatic hydroxyl groups is 1. The number of nitrogens with two attached hydrogens (primary N) is 1. The summed E-state index contributed by atoms with van der Waals surface area (Å²) in [6, 6.07) is 4.45. The fourth-order valence-corrected chi connectivity index (χ4v) is 5.67. The van der Waals surface area contributed by atoms with Crippen LogP contribution >= 0.6 is 23.2 Å². The first-order valence-corrected chi connectivity index (χ1v) is 13.7. The Morgan fingerprint density at radius 2 is 2.00 bits per heavy atom. The highest BCUT2D eigenvalue weighted by Crippen LogP contribution is 2.36. The third kappa shape index (κ3) is 4.94. The SMILES string of the molecule is Cn1cnc2c(c(-c3cc(Cl)c(O)c(C(N)=O)c3)cn2CC(=O)Nc2cc(N3CCOC4COCC43)ncc2Cl)c1=O. The second-order valence-electron chi connectivity index (χ2n) is 10.0. The Hall–Kier alpha value is -4.17. The highest BCUT2D eigenvalue weighted by atomic mass is 35.5. The summed E-state index contributed by atoms with van der Waals surface area (Å²) in [4.78, 5) is 49.3. The standard InChI is InChI=1S/C27H25Cl2N7O6/c1-34-12-32-26-23(27(34)40)15(13-4-14(25(30)39)24(38)16(28)5-13)8-35(26)9-22(37)33-18-6-21(31-7-17(18)29)36-2-3-42-20-11-41-10-19(20)36/h4-8,12,19-20,38H,2-3,9-11H2,1H3,(H2,30,39)(H,31,33,37). The minimum atomic E-state index is -0.896. The number of ether oxygens (including phenoxy) is 2. The summed E-state index contributed by atoms with van der Waals surface area (Å²) >= 11 is 12.6. The number of fused-ring (bicyclic) bond motifs is 2. The van der Waals surface area contributed by atoms with Gasteiger partial charge in [-0.2, -0.15) is 0 Å². The van der Waals surface area contributed by atoms with Gasteiger partial charge in [0.05, 0.1) is 65.1 Å². The van der Waals surface area contributed by atoms with Crippen LogP contribution in [-0.4, -0.2) is 74.5 Å². The molecule has 6 rings (SSSR count). The maximum Gasteiger partial charge on any atom is 0.263 e. The number of nitrogens with zero attached hydrogens (tertiary/aromatic N) is 5. The van der Waals surface area contributed by atoms with Crippen molar-refractivity contribution < 1.29 is 24.2 Å². The van der Waals surface area contributed by atoms with Gasteiger partial charge >= 0.3 is 0 Å². The summed E-state index contributed by atoms with van der Waals surface area (Å²) in [7, 11) is 1.54. The summed E-state index contributed by atoms with van der Waals surface area (Å²) in [6.07, 6.45) is 4.33. The van der Waals surface area contributed by atoms with E-state index in [1.54, 1.807) is 19.3 Å². The van der Waals surface area contributed by atoms with Crippen LogP contribution in [0.25, 0.3) is 22.2 Å². The lowest BCUT2D eigenvalue weighted by molar-refractivity contribution is -0.116. The maximum atomic E-state index is 13.3. The highest BCUT2D eigenvalue weighted by molar-refractivity contribution is 6.34. The van der Waals surface area contributed by atoms with E-state index in [0.29, 0.717) is 49.0 Å². The molecule has 0 bridgehead atoms. The van der Waals surface area contributed by atoms with Gasteiger partial charge in [-0.15, -0.1) is 0 Å². The van der Waals surface area contributed by atoms with Crippen molar-refractivity contribution in [2.75, 3.05) is 36.6 Å². The molecule has 0 aliphatic carbocycles. The van der Waals surface area contributed by atoms with Crippen LogP contribution in [0.1, 0.15) is 10.4 Å². The van der Waals surface area contributed by atoms with E-state index in [1.807, 2.05) is 0 Å². The first-order valence-electron chi connectivity index (χ1n) is 12.9. The predicted octanol–water partition coefficient (Wildman–Crippen LogP) is 2.15. The third-order valence-electron chi connectivity index (χ3n) is 7.36. The van der Waals surface area contributed by atoms with Crippen LogP contribution in [0.5, 0.6) is 5.75 Å². The number of anilines is 2. The molecule has 2 fully saturated rings. The van der Waals surface area contributed by atoms with Crippen LogP contribution in [0.4, 0.5) is 11.5 Å². The molecule has 218 valence electrons. The van der Waals surface area contributed by atoms with Gasteiger partial charge in [-0.05, 0) is 17.7 Å². The second-order valence-corrected chi connectivity index (χ2v) is 10.8. The van der Waals surface area contributed by atoms with Crippen LogP contribution in [-0.2, 0) is 27.9 Å². The van der Waals surface area contributed by atoms with Gasteiger partial charge in [0.2, 0.25) is 5.91 Å². The Morgan fingerprint density at radius 1 is 1.19 bits per heavy atom. The zero-order valence-electron chi connectivity index (χ0n) is 22.2. The molecule has 2 atom stereocenters. The summed E-state index contributed by atoms with van der Waals surface area (Å²) in [5.41, 5.74) is 6.09. The van der Waals surface area contributed by atoms with E-state index in [2.05, 4.69) is 20.2 Å². The van der Waals surface area contributed by atoms with Gasteiger partial charge in [0, 0.05) is 31.4 Å². The zero-order chi connectivity index (χ0) is 29.7. The van der Waals surface area contributed by atoms with Crippen LogP contribution < -0.4 is 21.5 Å². The molecule has 1 aromatic carbocycles. The van der Waals surface area contributed by atoms with Crippen molar-refractivity contribution in [1.29, 1.82) is 0 Å². The Morgan fingerprint density at radius 3 is 2.79 bits per heavy atom.